The van der Waals surface area contributed by atoms with Gasteiger partial charge >= 0.3 is 0 Å². The summed E-state index contributed by atoms with van der Waals surface area (Å²) in [4.78, 5) is 13.0. The van der Waals surface area contributed by atoms with Crippen LogP contribution in [0.2, 0.25) is 5.02 Å². The van der Waals surface area contributed by atoms with E-state index < -0.39 is 0 Å². The van der Waals surface area contributed by atoms with E-state index in [4.69, 9.17) is 16.1 Å². The molecule has 0 saturated heterocycles. The second-order valence-corrected chi connectivity index (χ2v) is 6.30. The van der Waals surface area contributed by atoms with E-state index in [0.29, 0.717) is 21.7 Å². The van der Waals surface area contributed by atoms with Crippen molar-refractivity contribution >= 4 is 33.5 Å². The van der Waals surface area contributed by atoms with Gasteiger partial charge in [-0.15, -0.1) is 0 Å². The molecule has 1 aromatic carbocycles. The molecular formula is C17H16ClN2O2Y-. The summed E-state index contributed by atoms with van der Waals surface area (Å²) < 4.78 is 7.30. The molecule has 1 radical (unpaired) electrons. The molecular weight excluding hydrogens is 389 g/mol. The summed E-state index contributed by atoms with van der Waals surface area (Å²) in [7, 11) is 0. The van der Waals surface area contributed by atoms with Crippen LogP contribution in [0.3, 0.4) is 0 Å². The largest absolute Gasteiger partial charge is 0.355 e. The van der Waals surface area contributed by atoms with Crippen LogP contribution in [0.1, 0.15) is 37.4 Å². The zero-order valence-electron chi connectivity index (χ0n) is 12.9. The van der Waals surface area contributed by atoms with E-state index >= 15 is 0 Å². The van der Waals surface area contributed by atoms with Crippen molar-refractivity contribution < 1.29 is 37.2 Å². The smallest absolute Gasteiger partial charge is 0.264 e. The van der Waals surface area contributed by atoms with Gasteiger partial charge in [0.15, 0.2) is 5.58 Å². The van der Waals surface area contributed by atoms with Gasteiger partial charge in [-0.25, -0.2) is 0 Å². The summed E-state index contributed by atoms with van der Waals surface area (Å²) >= 11 is 6.40. The van der Waals surface area contributed by atoms with Crippen molar-refractivity contribution in [3.05, 3.63) is 45.7 Å². The van der Waals surface area contributed by atoms with Crippen LogP contribution in [0, 0.1) is 13.3 Å². The summed E-state index contributed by atoms with van der Waals surface area (Å²) in [6.07, 6.45) is 6.42. The fourth-order valence-electron chi connectivity index (χ4n) is 3.48. The van der Waals surface area contributed by atoms with Crippen LogP contribution >= 0.6 is 11.6 Å². The Morgan fingerprint density at radius 1 is 1.39 bits per heavy atom. The van der Waals surface area contributed by atoms with Crippen LogP contribution in [-0.2, 0) is 32.7 Å². The number of hydrogen-bond donors (Lipinski definition) is 0. The van der Waals surface area contributed by atoms with Gasteiger partial charge in [-0.1, -0.05) is 29.2 Å². The minimum Gasteiger partial charge on any atom is -0.355 e. The summed E-state index contributed by atoms with van der Waals surface area (Å²) in [5.41, 5.74) is 1.93. The minimum atomic E-state index is -0.0242. The summed E-state index contributed by atoms with van der Waals surface area (Å²) in [5, 5.41) is 5.90. The zero-order chi connectivity index (χ0) is 15.3. The maximum Gasteiger partial charge on any atom is 0.264 e. The van der Waals surface area contributed by atoms with Gasteiger partial charge in [0.05, 0.1) is 21.6 Å². The van der Waals surface area contributed by atoms with Gasteiger partial charge in [0.25, 0.3) is 5.56 Å². The van der Waals surface area contributed by atoms with Crippen LogP contribution in [0.4, 0.5) is 0 Å². The van der Waals surface area contributed by atoms with Crippen molar-refractivity contribution in [3.63, 3.8) is 0 Å². The van der Waals surface area contributed by atoms with Crippen LogP contribution in [0.15, 0.2) is 27.5 Å². The molecule has 0 aliphatic heterocycles. The first-order valence-electron chi connectivity index (χ1n) is 7.59. The molecule has 0 spiro atoms. The van der Waals surface area contributed by atoms with Crippen LogP contribution in [0.5, 0.6) is 0 Å². The average Bonchev–Trinajstić information content (AvgIpc) is 2.91. The quantitative estimate of drug-likeness (QED) is 0.564. The Morgan fingerprint density at radius 2 is 2.22 bits per heavy atom. The van der Waals surface area contributed by atoms with E-state index in [1.165, 1.54) is 0 Å². The number of fused-ring (bicyclic) bond motifs is 3. The molecule has 117 valence electrons. The molecule has 1 atom stereocenters. The Labute approximate surface area is 164 Å². The van der Waals surface area contributed by atoms with Crippen molar-refractivity contribution in [2.24, 2.45) is 0 Å². The molecule has 2 heterocycles. The van der Waals surface area contributed by atoms with Gasteiger partial charge in [-0.2, -0.15) is 12.8 Å². The second kappa shape index (κ2) is 6.66. The van der Waals surface area contributed by atoms with E-state index in [1.807, 2.05) is 22.8 Å². The van der Waals surface area contributed by atoms with Crippen molar-refractivity contribution in [2.75, 3.05) is 0 Å². The first-order chi connectivity index (χ1) is 10.7. The van der Waals surface area contributed by atoms with Crippen molar-refractivity contribution in [3.8, 4) is 0 Å². The fourth-order valence-corrected chi connectivity index (χ4v) is 3.74. The third kappa shape index (κ3) is 2.69. The van der Waals surface area contributed by atoms with Gasteiger partial charge in [0.2, 0.25) is 0 Å². The van der Waals surface area contributed by atoms with Gasteiger partial charge < -0.3 is 15.5 Å². The number of benzene rings is 1. The molecule has 1 fully saturated rings. The van der Waals surface area contributed by atoms with Gasteiger partial charge in [0.1, 0.15) is 5.39 Å². The molecule has 0 bridgehead atoms. The Morgan fingerprint density at radius 3 is 2.96 bits per heavy atom. The summed E-state index contributed by atoms with van der Waals surface area (Å²) in [6, 6.07) is 5.82. The Bertz CT molecular complexity index is 926. The molecule has 0 amide bonds. The molecule has 23 heavy (non-hydrogen) atoms. The molecule has 0 N–H and O–H groups in total. The molecule has 1 aliphatic rings. The Hall–Kier alpha value is -0.706. The summed E-state index contributed by atoms with van der Waals surface area (Å²) in [5.74, 6) is 0. The normalized spacial score (nSPS) is 18.3. The Balaban J connectivity index is 0.00000156. The van der Waals surface area contributed by atoms with E-state index in [2.05, 4.69) is 11.6 Å². The standard InChI is InChI=1S/C17H16ClN2O2.Y/c1-10-14-16(22-19-10)15-12(18)8-5-9-13(15)20(17(14)21)11-6-3-2-4-7-11;/h3,5,8-9,11H,2,4,6-7H2,1H3;/q-1;. The third-order valence-electron chi connectivity index (χ3n) is 4.52. The van der Waals surface area contributed by atoms with Crippen molar-refractivity contribution in [1.29, 1.82) is 0 Å². The van der Waals surface area contributed by atoms with Crippen molar-refractivity contribution in [1.82, 2.24) is 9.72 Å². The van der Waals surface area contributed by atoms with Crippen LogP contribution < -0.4 is 5.56 Å². The Kier molecular flexibility index (Phi) is 4.96. The van der Waals surface area contributed by atoms with Crippen LogP contribution in [-0.4, -0.2) is 9.72 Å². The number of nitrogens with zero attached hydrogens (tertiary/aromatic N) is 2. The number of aromatic nitrogens is 2. The van der Waals surface area contributed by atoms with E-state index in [-0.39, 0.29) is 44.3 Å². The molecule has 1 saturated carbocycles. The zero-order valence-corrected chi connectivity index (χ0v) is 16.5. The second-order valence-electron chi connectivity index (χ2n) is 5.89. The molecule has 1 aliphatic carbocycles. The monoisotopic (exact) mass is 404 g/mol. The third-order valence-corrected chi connectivity index (χ3v) is 4.84. The predicted molar refractivity (Wildman–Crippen MR) is 87.3 cm³/mol. The summed E-state index contributed by atoms with van der Waals surface area (Å²) in [6.45, 7) is 1.80. The molecule has 3 aromatic rings. The number of hydrogen-bond acceptors (Lipinski definition) is 3. The minimum absolute atomic E-state index is 0. The first-order valence-corrected chi connectivity index (χ1v) is 7.96. The number of halogens is 1. The molecule has 4 nitrogen and oxygen atoms in total. The van der Waals surface area contributed by atoms with E-state index in [1.54, 1.807) is 6.92 Å². The van der Waals surface area contributed by atoms with E-state index in [9.17, 15) is 4.79 Å². The molecule has 2 aromatic heterocycles. The molecule has 1 unspecified atom stereocenters. The van der Waals surface area contributed by atoms with Gasteiger partial charge in [-0.05, 0) is 25.5 Å². The molecule has 6 heteroatoms. The topological polar surface area (TPSA) is 48.0 Å². The number of rotatable bonds is 1. The van der Waals surface area contributed by atoms with Crippen molar-refractivity contribution in [2.45, 2.75) is 38.6 Å². The van der Waals surface area contributed by atoms with Crippen LogP contribution in [0.25, 0.3) is 21.9 Å². The van der Waals surface area contributed by atoms with Gasteiger partial charge in [-0.3, -0.25) is 4.79 Å². The number of pyridine rings is 1. The first kappa shape index (κ1) is 17.1. The fraction of sp³-hybridized carbons (Fsp3) is 0.353. The molecule has 4 rings (SSSR count). The number of aryl methyl sites for hydroxylation is 1. The maximum atomic E-state index is 13.0. The maximum absolute atomic E-state index is 13.0. The average molecular weight is 405 g/mol. The van der Waals surface area contributed by atoms with Gasteiger partial charge in [0, 0.05) is 38.8 Å². The predicted octanol–water partition coefficient (Wildman–Crippen LogP) is 4.42. The SMILES string of the molecule is Cc1noc2c1c(=O)n(C1C[CH-]CCC1)c1cccc(Cl)c21.[Y]. The van der Waals surface area contributed by atoms with E-state index in [0.717, 1.165) is 36.6 Å².